The molecular weight excluding hydrogens is 268 g/mol. The lowest BCUT2D eigenvalue weighted by Crippen LogP contribution is -2.22. The average molecular weight is 283 g/mol. The van der Waals surface area contributed by atoms with Crippen molar-refractivity contribution in [1.29, 1.82) is 0 Å². The molecule has 1 heterocycles. The lowest BCUT2D eigenvalue weighted by Gasteiger charge is -2.25. The number of rotatable bonds is 1. The van der Waals surface area contributed by atoms with Gasteiger partial charge in [0.05, 0.1) is 4.83 Å². The summed E-state index contributed by atoms with van der Waals surface area (Å²) in [5.74, 6) is -0.0852. The first-order chi connectivity index (χ1) is 7.77. The first kappa shape index (κ1) is 11.6. The Balaban J connectivity index is 2.18. The number of ether oxygens (including phenoxy) is 1. The Hall–Kier alpha value is -0.830. The minimum absolute atomic E-state index is 0.0852. The Bertz CT molecular complexity index is 350. The van der Waals surface area contributed by atoms with E-state index in [0.717, 1.165) is 24.8 Å². The second-order valence-corrected chi connectivity index (χ2v) is 5.26. The predicted molar refractivity (Wildman–Crippen MR) is 66.5 cm³/mol. The van der Waals surface area contributed by atoms with E-state index < -0.39 is 0 Å². The van der Waals surface area contributed by atoms with E-state index in [-0.39, 0.29) is 16.9 Å². The van der Waals surface area contributed by atoms with Gasteiger partial charge in [-0.05, 0) is 18.4 Å². The molecule has 0 spiro atoms. The molecule has 0 radical (unpaired) electrons. The van der Waals surface area contributed by atoms with Gasteiger partial charge in [-0.15, -0.1) is 0 Å². The smallest absolute Gasteiger partial charge is 0.306 e. The molecule has 1 saturated heterocycles. The van der Waals surface area contributed by atoms with Crippen molar-refractivity contribution in [1.82, 2.24) is 0 Å². The molecule has 1 aromatic carbocycles. The Morgan fingerprint density at radius 3 is 2.69 bits per heavy atom. The summed E-state index contributed by atoms with van der Waals surface area (Å²) in [7, 11) is 0. The van der Waals surface area contributed by atoms with E-state index in [4.69, 9.17) is 4.74 Å². The van der Waals surface area contributed by atoms with Gasteiger partial charge in [0.15, 0.2) is 0 Å². The van der Waals surface area contributed by atoms with Gasteiger partial charge in [0, 0.05) is 6.42 Å². The van der Waals surface area contributed by atoms with Crippen molar-refractivity contribution in [2.45, 2.75) is 36.6 Å². The van der Waals surface area contributed by atoms with E-state index in [9.17, 15) is 4.79 Å². The summed E-state index contributed by atoms with van der Waals surface area (Å²) in [6, 6.07) is 9.93. The van der Waals surface area contributed by atoms with Crippen LogP contribution in [0, 0.1) is 0 Å². The average Bonchev–Trinajstić information content (AvgIpc) is 2.30. The molecular formula is C13H15BrO2. The van der Waals surface area contributed by atoms with Crippen LogP contribution in [-0.4, -0.2) is 10.8 Å². The monoisotopic (exact) mass is 282 g/mol. The lowest BCUT2D eigenvalue weighted by atomic mass is 10.0. The third kappa shape index (κ3) is 2.85. The number of carbonyl (C=O) groups is 1. The zero-order valence-electron chi connectivity index (χ0n) is 9.06. The Kier molecular flexibility index (Phi) is 3.99. The summed E-state index contributed by atoms with van der Waals surface area (Å²) in [4.78, 5) is 11.7. The molecule has 0 N–H and O–H groups in total. The van der Waals surface area contributed by atoms with E-state index >= 15 is 0 Å². The third-order valence-electron chi connectivity index (χ3n) is 2.83. The van der Waals surface area contributed by atoms with Crippen LogP contribution in [0.5, 0.6) is 0 Å². The van der Waals surface area contributed by atoms with E-state index in [1.807, 2.05) is 30.3 Å². The number of halogens is 1. The predicted octanol–water partition coefficient (Wildman–Crippen LogP) is 3.61. The van der Waals surface area contributed by atoms with Crippen molar-refractivity contribution in [2.24, 2.45) is 0 Å². The highest BCUT2D eigenvalue weighted by molar-refractivity contribution is 9.09. The van der Waals surface area contributed by atoms with Gasteiger partial charge in [-0.3, -0.25) is 4.79 Å². The van der Waals surface area contributed by atoms with E-state index in [1.54, 1.807) is 0 Å². The van der Waals surface area contributed by atoms with Gasteiger partial charge in [-0.25, -0.2) is 0 Å². The molecule has 2 nitrogen and oxygen atoms in total. The number of hydrogen-bond donors (Lipinski definition) is 0. The van der Waals surface area contributed by atoms with Crippen LogP contribution in [0.15, 0.2) is 30.3 Å². The summed E-state index contributed by atoms with van der Waals surface area (Å²) in [6.45, 7) is 0. The molecule has 16 heavy (non-hydrogen) atoms. The highest BCUT2D eigenvalue weighted by Crippen LogP contribution is 2.32. The zero-order chi connectivity index (χ0) is 11.4. The van der Waals surface area contributed by atoms with Crippen molar-refractivity contribution < 1.29 is 9.53 Å². The van der Waals surface area contributed by atoms with Crippen LogP contribution in [0.2, 0.25) is 0 Å². The molecule has 86 valence electrons. The Morgan fingerprint density at radius 2 is 1.94 bits per heavy atom. The molecule has 1 aromatic rings. The van der Waals surface area contributed by atoms with Gasteiger partial charge in [0.2, 0.25) is 0 Å². The highest BCUT2D eigenvalue weighted by Gasteiger charge is 2.26. The lowest BCUT2D eigenvalue weighted by molar-refractivity contribution is -0.150. The van der Waals surface area contributed by atoms with E-state index in [2.05, 4.69) is 15.9 Å². The molecule has 1 fully saturated rings. The van der Waals surface area contributed by atoms with Crippen LogP contribution < -0.4 is 0 Å². The standard InChI is InChI=1S/C13H15BrO2/c14-11-8-4-5-9-12(15)16-13(11)10-6-2-1-3-7-10/h1-3,6-7,11,13H,4-5,8-9H2/t11-,13-/m0/s1. The minimum atomic E-state index is -0.144. The molecule has 1 aliphatic rings. The molecule has 0 amide bonds. The van der Waals surface area contributed by atoms with Crippen LogP contribution in [0.4, 0.5) is 0 Å². The fraction of sp³-hybridized carbons (Fsp3) is 0.462. The van der Waals surface area contributed by atoms with Gasteiger partial charge < -0.3 is 4.74 Å². The molecule has 2 rings (SSSR count). The van der Waals surface area contributed by atoms with Gasteiger partial charge in [-0.1, -0.05) is 52.7 Å². The first-order valence-electron chi connectivity index (χ1n) is 5.66. The van der Waals surface area contributed by atoms with E-state index in [1.165, 1.54) is 0 Å². The van der Waals surface area contributed by atoms with E-state index in [0.29, 0.717) is 6.42 Å². The zero-order valence-corrected chi connectivity index (χ0v) is 10.7. The van der Waals surface area contributed by atoms with Gasteiger partial charge >= 0.3 is 5.97 Å². The number of benzene rings is 1. The largest absolute Gasteiger partial charge is 0.456 e. The topological polar surface area (TPSA) is 26.3 Å². The number of esters is 1. The fourth-order valence-corrected chi connectivity index (χ4v) is 2.69. The van der Waals surface area contributed by atoms with Crippen LogP contribution in [0.25, 0.3) is 0 Å². The van der Waals surface area contributed by atoms with Crippen LogP contribution in [0.1, 0.15) is 37.4 Å². The number of alkyl halides is 1. The SMILES string of the molecule is O=C1CCCC[C@H](Br)[C@H](c2ccccc2)O1. The number of carbonyl (C=O) groups excluding carboxylic acids is 1. The molecule has 3 heteroatoms. The van der Waals surface area contributed by atoms with Crippen LogP contribution in [-0.2, 0) is 9.53 Å². The van der Waals surface area contributed by atoms with Gasteiger partial charge in [-0.2, -0.15) is 0 Å². The first-order valence-corrected chi connectivity index (χ1v) is 6.57. The van der Waals surface area contributed by atoms with Crippen molar-refractivity contribution in [2.75, 3.05) is 0 Å². The third-order valence-corrected chi connectivity index (χ3v) is 3.76. The molecule has 2 atom stereocenters. The molecule has 0 aromatic heterocycles. The Morgan fingerprint density at radius 1 is 1.19 bits per heavy atom. The molecule has 0 saturated carbocycles. The summed E-state index contributed by atoms with van der Waals surface area (Å²) in [6.07, 6.45) is 3.46. The fourth-order valence-electron chi connectivity index (χ4n) is 1.95. The number of cyclic esters (lactones) is 1. The van der Waals surface area contributed by atoms with Crippen molar-refractivity contribution in [3.8, 4) is 0 Å². The second kappa shape index (κ2) is 5.48. The summed E-state index contributed by atoms with van der Waals surface area (Å²) in [5, 5.41) is 0. The maximum absolute atomic E-state index is 11.5. The van der Waals surface area contributed by atoms with Crippen molar-refractivity contribution in [3.05, 3.63) is 35.9 Å². The maximum Gasteiger partial charge on any atom is 0.306 e. The minimum Gasteiger partial charge on any atom is -0.456 e. The quantitative estimate of drug-likeness (QED) is 0.581. The van der Waals surface area contributed by atoms with Crippen molar-refractivity contribution in [3.63, 3.8) is 0 Å². The molecule has 1 aliphatic heterocycles. The highest BCUT2D eigenvalue weighted by atomic mass is 79.9. The summed E-state index contributed by atoms with van der Waals surface area (Å²) in [5.41, 5.74) is 1.07. The maximum atomic E-state index is 11.5. The normalized spacial score (nSPS) is 26.7. The summed E-state index contributed by atoms with van der Waals surface area (Å²) >= 11 is 3.63. The van der Waals surface area contributed by atoms with Gasteiger partial charge in [0.25, 0.3) is 0 Å². The molecule has 0 bridgehead atoms. The van der Waals surface area contributed by atoms with Gasteiger partial charge in [0.1, 0.15) is 6.10 Å². The van der Waals surface area contributed by atoms with Crippen LogP contribution in [0.3, 0.4) is 0 Å². The molecule has 0 unspecified atom stereocenters. The van der Waals surface area contributed by atoms with Crippen molar-refractivity contribution >= 4 is 21.9 Å². The van der Waals surface area contributed by atoms with Crippen LogP contribution >= 0.6 is 15.9 Å². The Labute approximate surface area is 104 Å². The summed E-state index contributed by atoms with van der Waals surface area (Å²) < 4.78 is 5.50. The second-order valence-electron chi connectivity index (χ2n) is 4.08. The number of hydrogen-bond acceptors (Lipinski definition) is 2. The molecule has 0 aliphatic carbocycles.